The van der Waals surface area contributed by atoms with Crippen LogP contribution in [0.25, 0.3) is 5.57 Å². The Labute approximate surface area is 139 Å². The van der Waals surface area contributed by atoms with Gasteiger partial charge in [0.05, 0.1) is 7.11 Å². The molecule has 0 saturated heterocycles. The molecule has 1 aliphatic rings. The molecule has 1 atom stereocenters. The van der Waals surface area contributed by atoms with Crippen LogP contribution in [0.15, 0.2) is 60.7 Å². The van der Waals surface area contributed by atoms with Crippen molar-refractivity contribution in [3.63, 3.8) is 0 Å². The van der Waals surface area contributed by atoms with Crippen molar-refractivity contribution >= 4 is 5.57 Å². The molecule has 0 heterocycles. The molecule has 2 aromatic carbocycles. The molecular weight excluding hydrogens is 282 g/mol. The summed E-state index contributed by atoms with van der Waals surface area (Å²) >= 11 is 0. The minimum absolute atomic E-state index is 0.490. The van der Waals surface area contributed by atoms with Gasteiger partial charge < -0.3 is 10.1 Å². The molecular formula is C21H25NO. The van der Waals surface area contributed by atoms with Gasteiger partial charge in [-0.3, -0.25) is 0 Å². The van der Waals surface area contributed by atoms with E-state index in [1.807, 2.05) is 12.1 Å². The Bertz CT molecular complexity index is 631. The number of methoxy groups -OCH3 is 1. The molecule has 2 aromatic rings. The predicted molar refractivity (Wildman–Crippen MR) is 96.8 cm³/mol. The highest BCUT2D eigenvalue weighted by atomic mass is 16.5. The van der Waals surface area contributed by atoms with Crippen molar-refractivity contribution in [2.45, 2.75) is 31.7 Å². The average molecular weight is 307 g/mol. The molecule has 0 radical (unpaired) electrons. The van der Waals surface area contributed by atoms with Crippen LogP contribution in [0.2, 0.25) is 0 Å². The first kappa shape index (κ1) is 15.8. The summed E-state index contributed by atoms with van der Waals surface area (Å²) in [4.78, 5) is 0. The van der Waals surface area contributed by atoms with Gasteiger partial charge in [-0.15, -0.1) is 0 Å². The van der Waals surface area contributed by atoms with Gasteiger partial charge in [-0.25, -0.2) is 0 Å². The highest BCUT2D eigenvalue weighted by Crippen LogP contribution is 2.28. The molecule has 2 nitrogen and oxygen atoms in total. The third-order valence-electron chi connectivity index (χ3n) is 4.49. The molecule has 0 saturated carbocycles. The molecule has 23 heavy (non-hydrogen) atoms. The number of benzene rings is 2. The van der Waals surface area contributed by atoms with Gasteiger partial charge >= 0.3 is 0 Å². The molecule has 0 aromatic heterocycles. The van der Waals surface area contributed by atoms with E-state index < -0.39 is 0 Å². The van der Waals surface area contributed by atoms with Crippen molar-refractivity contribution in [3.05, 3.63) is 71.8 Å². The van der Waals surface area contributed by atoms with Gasteiger partial charge in [0.2, 0.25) is 0 Å². The number of hydrogen-bond acceptors (Lipinski definition) is 2. The second-order valence-electron chi connectivity index (χ2n) is 6.11. The molecule has 0 fully saturated rings. The van der Waals surface area contributed by atoms with E-state index in [4.69, 9.17) is 4.74 Å². The smallest absolute Gasteiger partial charge is 0.118 e. The Morgan fingerprint density at radius 2 is 1.83 bits per heavy atom. The molecule has 0 bridgehead atoms. The molecule has 0 aliphatic heterocycles. The molecule has 120 valence electrons. The third kappa shape index (κ3) is 4.46. The molecule has 0 spiro atoms. The first-order valence-corrected chi connectivity index (χ1v) is 8.47. The Balaban J connectivity index is 1.57. The minimum Gasteiger partial charge on any atom is -0.497 e. The third-order valence-corrected chi connectivity index (χ3v) is 4.49. The van der Waals surface area contributed by atoms with Crippen molar-refractivity contribution < 1.29 is 4.74 Å². The summed E-state index contributed by atoms with van der Waals surface area (Å²) in [5.41, 5.74) is 4.17. The summed E-state index contributed by atoms with van der Waals surface area (Å²) in [5.74, 6) is 0.919. The highest BCUT2D eigenvalue weighted by molar-refractivity contribution is 5.67. The van der Waals surface area contributed by atoms with Crippen LogP contribution in [0, 0.1) is 0 Å². The fourth-order valence-corrected chi connectivity index (χ4v) is 3.18. The van der Waals surface area contributed by atoms with Crippen LogP contribution in [0.5, 0.6) is 5.75 Å². The molecule has 1 aliphatic carbocycles. The second kappa shape index (κ2) is 7.98. The van der Waals surface area contributed by atoms with E-state index in [1.54, 1.807) is 7.11 Å². The number of rotatable bonds is 6. The van der Waals surface area contributed by atoms with Gasteiger partial charge in [-0.05, 0) is 61.1 Å². The SMILES string of the molecule is COc1ccc(C2=C[C@H](NCCc3ccccc3)CCC2)cc1. The Hall–Kier alpha value is -2.06. The minimum atomic E-state index is 0.490. The van der Waals surface area contributed by atoms with E-state index in [-0.39, 0.29) is 0 Å². The quantitative estimate of drug-likeness (QED) is 0.850. The number of nitrogens with one attached hydrogen (secondary N) is 1. The largest absolute Gasteiger partial charge is 0.497 e. The van der Waals surface area contributed by atoms with Crippen LogP contribution in [0.3, 0.4) is 0 Å². The lowest BCUT2D eigenvalue weighted by molar-refractivity contribution is 0.415. The Kier molecular flexibility index (Phi) is 5.49. The Morgan fingerprint density at radius 1 is 1.04 bits per heavy atom. The zero-order valence-corrected chi connectivity index (χ0v) is 13.8. The van der Waals surface area contributed by atoms with Gasteiger partial charge in [-0.1, -0.05) is 48.5 Å². The summed E-state index contributed by atoms with van der Waals surface area (Å²) in [5, 5.41) is 3.69. The lowest BCUT2D eigenvalue weighted by Gasteiger charge is -2.22. The van der Waals surface area contributed by atoms with Gasteiger partial charge in [0.15, 0.2) is 0 Å². The van der Waals surface area contributed by atoms with E-state index >= 15 is 0 Å². The van der Waals surface area contributed by atoms with Gasteiger partial charge in [0.25, 0.3) is 0 Å². The van der Waals surface area contributed by atoms with Gasteiger partial charge in [0.1, 0.15) is 5.75 Å². The fourth-order valence-electron chi connectivity index (χ4n) is 3.18. The highest BCUT2D eigenvalue weighted by Gasteiger charge is 2.14. The van der Waals surface area contributed by atoms with Crippen LogP contribution >= 0.6 is 0 Å². The fraction of sp³-hybridized carbons (Fsp3) is 0.333. The first-order valence-electron chi connectivity index (χ1n) is 8.47. The van der Waals surface area contributed by atoms with E-state index in [0.717, 1.165) is 18.7 Å². The van der Waals surface area contributed by atoms with Gasteiger partial charge in [0, 0.05) is 6.04 Å². The van der Waals surface area contributed by atoms with Crippen LogP contribution < -0.4 is 10.1 Å². The summed E-state index contributed by atoms with van der Waals surface area (Å²) in [6.45, 7) is 1.03. The number of ether oxygens (including phenoxy) is 1. The standard InChI is InChI=1S/C21H25NO/c1-23-21-12-10-18(11-13-21)19-8-5-9-20(16-19)22-15-14-17-6-3-2-4-7-17/h2-4,6-7,10-13,16,20,22H,5,8-9,14-15H2,1H3/t20-/m1/s1. The predicted octanol–water partition coefficient (Wildman–Crippen LogP) is 4.46. The molecule has 2 heteroatoms. The zero-order chi connectivity index (χ0) is 15.9. The lowest BCUT2D eigenvalue weighted by Crippen LogP contribution is -2.30. The van der Waals surface area contributed by atoms with Crippen molar-refractivity contribution in [2.75, 3.05) is 13.7 Å². The Morgan fingerprint density at radius 3 is 2.57 bits per heavy atom. The second-order valence-corrected chi connectivity index (χ2v) is 6.11. The van der Waals surface area contributed by atoms with Gasteiger partial charge in [-0.2, -0.15) is 0 Å². The van der Waals surface area contributed by atoms with Crippen LogP contribution in [0.4, 0.5) is 0 Å². The van der Waals surface area contributed by atoms with Crippen LogP contribution in [-0.2, 0) is 6.42 Å². The number of allylic oxidation sites excluding steroid dienone is 1. The average Bonchev–Trinajstić information content (AvgIpc) is 2.63. The summed E-state index contributed by atoms with van der Waals surface area (Å²) in [6, 6.07) is 19.6. The molecule has 1 N–H and O–H groups in total. The molecule has 0 amide bonds. The first-order chi connectivity index (χ1) is 11.3. The maximum absolute atomic E-state index is 5.24. The molecule has 3 rings (SSSR count). The van der Waals surface area contributed by atoms with Crippen molar-refractivity contribution in [2.24, 2.45) is 0 Å². The van der Waals surface area contributed by atoms with Crippen LogP contribution in [0.1, 0.15) is 30.4 Å². The lowest BCUT2D eigenvalue weighted by atomic mass is 9.91. The van der Waals surface area contributed by atoms with Crippen molar-refractivity contribution in [3.8, 4) is 5.75 Å². The number of hydrogen-bond donors (Lipinski definition) is 1. The summed E-state index contributed by atoms with van der Waals surface area (Å²) in [6.07, 6.45) is 7.15. The van der Waals surface area contributed by atoms with Crippen LogP contribution in [-0.4, -0.2) is 19.7 Å². The van der Waals surface area contributed by atoms with E-state index in [0.29, 0.717) is 6.04 Å². The topological polar surface area (TPSA) is 21.3 Å². The monoisotopic (exact) mass is 307 g/mol. The van der Waals surface area contributed by atoms with Crippen molar-refractivity contribution in [1.82, 2.24) is 5.32 Å². The zero-order valence-electron chi connectivity index (χ0n) is 13.8. The maximum Gasteiger partial charge on any atom is 0.118 e. The van der Waals surface area contributed by atoms with E-state index in [9.17, 15) is 0 Å². The summed E-state index contributed by atoms with van der Waals surface area (Å²) < 4.78 is 5.24. The maximum atomic E-state index is 5.24. The molecule has 0 unspecified atom stereocenters. The summed E-state index contributed by atoms with van der Waals surface area (Å²) in [7, 11) is 1.71. The van der Waals surface area contributed by atoms with Crippen molar-refractivity contribution in [1.29, 1.82) is 0 Å². The van der Waals surface area contributed by atoms with E-state index in [2.05, 4.69) is 53.9 Å². The van der Waals surface area contributed by atoms with E-state index in [1.165, 1.54) is 36.0 Å². The normalized spacial score (nSPS) is 17.6.